The number of para-hydroxylation sites is 2. The van der Waals surface area contributed by atoms with E-state index >= 15 is 0 Å². The Balaban J connectivity index is 1.47. The van der Waals surface area contributed by atoms with Crippen molar-refractivity contribution in [1.29, 1.82) is 0 Å². The number of fused-ring (bicyclic) bond motifs is 1. The quantitative estimate of drug-likeness (QED) is 0.652. The monoisotopic (exact) mass is 414 g/mol. The van der Waals surface area contributed by atoms with Gasteiger partial charge in [-0.05, 0) is 49.6 Å². The number of nitrogens with zero attached hydrogens (tertiary/aromatic N) is 1. The highest BCUT2D eigenvalue weighted by Gasteiger charge is 2.34. The summed E-state index contributed by atoms with van der Waals surface area (Å²) in [6, 6.07) is 24.8. The van der Waals surface area contributed by atoms with Crippen molar-refractivity contribution >= 4 is 17.5 Å². The Hall–Kier alpha value is -3.60. The van der Waals surface area contributed by atoms with Crippen LogP contribution in [0.25, 0.3) is 0 Å². The number of hydrogen-bond acceptors (Lipinski definition) is 3. The van der Waals surface area contributed by atoms with Gasteiger partial charge >= 0.3 is 0 Å². The normalized spacial score (nSPS) is 15.8. The van der Waals surface area contributed by atoms with Crippen molar-refractivity contribution in [3.05, 3.63) is 95.6 Å². The zero-order chi connectivity index (χ0) is 21.8. The topological polar surface area (TPSA) is 58.6 Å². The predicted molar refractivity (Wildman–Crippen MR) is 121 cm³/mol. The lowest BCUT2D eigenvalue weighted by Crippen LogP contribution is -2.43. The fourth-order valence-electron chi connectivity index (χ4n) is 3.97. The zero-order valence-electron chi connectivity index (χ0n) is 17.7. The number of anilines is 1. The molecule has 0 fully saturated rings. The standard InChI is InChI=1S/C26H26N2O3/c1-18-16-21-12-6-8-14-23(21)28(18)26(30)19(2)31-24-15-9-7-13-22(24)25(29)27-17-20-10-4-3-5-11-20/h3-15,18-19H,16-17H2,1-2H3,(H,27,29)/t18-,19+/m1/s1. The van der Waals surface area contributed by atoms with Crippen LogP contribution in [0.5, 0.6) is 5.75 Å². The number of rotatable bonds is 6. The summed E-state index contributed by atoms with van der Waals surface area (Å²) < 4.78 is 6.00. The Labute approximate surface area is 182 Å². The Morgan fingerprint density at radius 2 is 1.68 bits per heavy atom. The molecule has 2 atom stereocenters. The maximum Gasteiger partial charge on any atom is 0.268 e. The second kappa shape index (κ2) is 9.04. The van der Waals surface area contributed by atoms with Gasteiger partial charge in [0.05, 0.1) is 5.56 Å². The van der Waals surface area contributed by atoms with E-state index in [9.17, 15) is 9.59 Å². The Morgan fingerprint density at radius 1 is 1.00 bits per heavy atom. The van der Waals surface area contributed by atoms with Crippen LogP contribution in [0.1, 0.15) is 35.3 Å². The SMILES string of the molecule is C[C@H](Oc1ccccc1C(=O)NCc1ccccc1)C(=O)N1c2ccccc2C[C@H]1C. The summed E-state index contributed by atoms with van der Waals surface area (Å²) in [7, 11) is 0. The number of benzene rings is 3. The van der Waals surface area contributed by atoms with Crippen molar-refractivity contribution in [3.8, 4) is 5.75 Å². The number of carbonyl (C=O) groups excluding carboxylic acids is 2. The van der Waals surface area contributed by atoms with E-state index in [1.807, 2.05) is 55.5 Å². The van der Waals surface area contributed by atoms with Crippen LogP contribution in [0.4, 0.5) is 5.69 Å². The van der Waals surface area contributed by atoms with Crippen LogP contribution in [0, 0.1) is 0 Å². The first-order chi connectivity index (χ1) is 15.0. The van der Waals surface area contributed by atoms with Crippen LogP contribution in [-0.4, -0.2) is 24.0 Å². The smallest absolute Gasteiger partial charge is 0.268 e. The molecule has 158 valence electrons. The van der Waals surface area contributed by atoms with Crippen molar-refractivity contribution < 1.29 is 14.3 Å². The maximum absolute atomic E-state index is 13.2. The van der Waals surface area contributed by atoms with Crippen LogP contribution in [0.15, 0.2) is 78.9 Å². The minimum Gasteiger partial charge on any atom is -0.480 e. The first-order valence-electron chi connectivity index (χ1n) is 10.5. The van der Waals surface area contributed by atoms with Gasteiger partial charge in [0.15, 0.2) is 6.10 Å². The number of amides is 2. The lowest BCUT2D eigenvalue weighted by atomic mass is 10.1. The van der Waals surface area contributed by atoms with E-state index in [0.29, 0.717) is 17.9 Å². The minimum atomic E-state index is -0.725. The molecule has 0 radical (unpaired) electrons. The van der Waals surface area contributed by atoms with E-state index < -0.39 is 6.10 Å². The highest BCUT2D eigenvalue weighted by molar-refractivity contribution is 6.00. The summed E-state index contributed by atoms with van der Waals surface area (Å²) in [5.41, 5.74) is 3.52. The summed E-state index contributed by atoms with van der Waals surface area (Å²) in [5, 5.41) is 2.92. The third-order valence-electron chi connectivity index (χ3n) is 5.52. The molecule has 0 bridgehead atoms. The molecular weight excluding hydrogens is 388 g/mol. The van der Waals surface area contributed by atoms with Gasteiger partial charge in [0.1, 0.15) is 5.75 Å². The van der Waals surface area contributed by atoms with E-state index in [0.717, 1.165) is 23.2 Å². The van der Waals surface area contributed by atoms with Gasteiger partial charge in [0.25, 0.3) is 11.8 Å². The number of hydrogen-bond donors (Lipinski definition) is 1. The molecule has 0 unspecified atom stereocenters. The van der Waals surface area contributed by atoms with E-state index in [4.69, 9.17) is 4.74 Å². The first kappa shape index (κ1) is 20.7. The van der Waals surface area contributed by atoms with Crippen molar-refractivity contribution in [1.82, 2.24) is 5.32 Å². The Bertz CT molecular complexity index is 1080. The lowest BCUT2D eigenvalue weighted by Gasteiger charge is -2.26. The summed E-state index contributed by atoms with van der Waals surface area (Å²) in [6.07, 6.45) is 0.101. The fourth-order valence-corrected chi connectivity index (χ4v) is 3.97. The number of nitrogens with one attached hydrogen (secondary N) is 1. The molecule has 0 saturated carbocycles. The average molecular weight is 415 g/mol. The second-order valence-corrected chi connectivity index (χ2v) is 7.81. The van der Waals surface area contributed by atoms with Gasteiger partial charge in [0, 0.05) is 18.3 Å². The fraction of sp³-hybridized carbons (Fsp3) is 0.231. The van der Waals surface area contributed by atoms with Gasteiger partial charge < -0.3 is 15.0 Å². The summed E-state index contributed by atoms with van der Waals surface area (Å²) >= 11 is 0. The molecule has 0 saturated heterocycles. The third kappa shape index (κ3) is 4.45. The van der Waals surface area contributed by atoms with Gasteiger partial charge in [-0.2, -0.15) is 0 Å². The average Bonchev–Trinajstić information content (AvgIpc) is 3.13. The summed E-state index contributed by atoms with van der Waals surface area (Å²) in [4.78, 5) is 27.8. The van der Waals surface area contributed by atoms with Gasteiger partial charge in [-0.25, -0.2) is 0 Å². The zero-order valence-corrected chi connectivity index (χ0v) is 17.7. The van der Waals surface area contributed by atoms with E-state index in [1.165, 1.54) is 0 Å². The van der Waals surface area contributed by atoms with Crippen molar-refractivity contribution in [2.24, 2.45) is 0 Å². The minimum absolute atomic E-state index is 0.0698. The molecule has 3 aromatic carbocycles. The molecule has 0 aliphatic carbocycles. The van der Waals surface area contributed by atoms with Gasteiger partial charge in [-0.15, -0.1) is 0 Å². The molecule has 0 spiro atoms. The molecule has 1 N–H and O–H groups in total. The lowest BCUT2D eigenvalue weighted by molar-refractivity contribution is -0.124. The molecule has 5 heteroatoms. The molecule has 1 heterocycles. The van der Waals surface area contributed by atoms with Crippen LogP contribution in [0.3, 0.4) is 0 Å². The highest BCUT2D eigenvalue weighted by Crippen LogP contribution is 2.33. The van der Waals surface area contributed by atoms with E-state index in [-0.39, 0.29) is 17.9 Å². The second-order valence-electron chi connectivity index (χ2n) is 7.81. The number of ether oxygens (including phenoxy) is 1. The predicted octanol–water partition coefficient (Wildman–Crippen LogP) is 4.36. The van der Waals surface area contributed by atoms with Gasteiger partial charge in [0.2, 0.25) is 0 Å². The van der Waals surface area contributed by atoms with Crippen LogP contribution in [0.2, 0.25) is 0 Å². The molecule has 1 aliphatic rings. The van der Waals surface area contributed by atoms with Crippen molar-refractivity contribution in [3.63, 3.8) is 0 Å². The van der Waals surface area contributed by atoms with Crippen LogP contribution >= 0.6 is 0 Å². The molecular formula is C26H26N2O3. The van der Waals surface area contributed by atoms with Crippen molar-refractivity contribution in [2.45, 2.75) is 39.0 Å². The van der Waals surface area contributed by atoms with Crippen LogP contribution in [-0.2, 0) is 17.8 Å². The first-order valence-corrected chi connectivity index (χ1v) is 10.5. The number of carbonyl (C=O) groups is 2. The molecule has 3 aromatic rings. The molecule has 31 heavy (non-hydrogen) atoms. The Kier molecular flexibility index (Phi) is 6.03. The van der Waals surface area contributed by atoms with E-state index in [2.05, 4.69) is 11.4 Å². The van der Waals surface area contributed by atoms with Gasteiger partial charge in [-0.1, -0.05) is 60.7 Å². The molecule has 0 aromatic heterocycles. The summed E-state index contributed by atoms with van der Waals surface area (Å²) in [5.74, 6) is 0.0463. The molecule has 2 amide bonds. The summed E-state index contributed by atoms with van der Waals surface area (Å²) in [6.45, 7) is 4.19. The van der Waals surface area contributed by atoms with E-state index in [1.54, 1.807) is 36.1 Å². The van der Waals surface area contributed by atoms with Crippen molar-refractivity contribution in [2.75, 3.05) is 4.90 Å². The molecule has 4 rings (SSSR count). The van der Waals surface area contributed by atoms with Gasteiger partial charge in [-0.3, -0.25) is 9.59 Å². The molecule has 5 nitrogen and oxygen atoms in total. The maximum atomic E-state index is 13.2. The largest absolute Gasteiger partial charge is 0.480 e. The molecule has 1 aliphatic heterocycles. The third-order valence-corrected chi connectivity index (χ3v) is 5.52. The highest BCUT2D eigenvalue weighted by atomic mass is 16.5. The Morgan fingerprint density at radius 3 is 2.48 bits per heavy atom. The van der Waals surface area contributed by atoms with Crippen LogP contribution < -0.4 is 15.0 Å².